The minimum absolute atomic E-state index is 0.173. The quantitative estimate of drug-likeness (QED) is 0.583. The van der Waals surface area contributed by atoms with Crippen molar-refractivity contribution >= 4 is 0 Å². The maximum Gasteiger partial charge on any atom is 0.0292 e. The van der Waals surface area contributed by atoms with Crippen molar-refractivity contribution < 1.29 is 0 Å². The molecule has 0 radical (unpaired) electrons. The van der Waals surface area contributed by atoms with E-state index in [0.29, 0.717) is 12.1 Å². The first-order valence-corrected chi connectivity index (χ1v) is 7.48. The topological polar surface area (TPSA) is 76.1 Å². The Morgan fingerprint density at radius 1 is 0.850 bits per heavy atom. The third-order valence-corrected chi connectivity index (χ3v) is 3.40. The van der Waals surface area contributed by atoms with Crippen molar-refractivity contribution in [2.45, 2.75) is 51.9 Å². The van der Waals surface area contributed by atoms with Gasteiger partial charge in [0.05, 0.1) is 0 Å². The van der Waals surface area contributed by atoms with Gasteiger partial charge in [0.15, 0.2) is 0 Å². The van der Waals surface area contributed by atoms with Crippen molar-refractivity contribution in [2.75, 3.05) is 13.1 Å². The average Bonchev–Trinajstić information content (AvgIpc) is 2.42. The smallest absolute Gasteiger partial charge is 0.0292 e. The van der Waals surface area contributed by atoms with Gasteiger partial charge in [-0.2, -0.15) is 0 Å². The summed E-state index contributed by atoms with van der Waals surface area (Å²) in [5, 5.41) is 6.90. The highest BCUT2D eigenvalue weighted by molar-refractivity contribution is 5.27. The summed E-state index contributed by atoms with van der Waals surface area (Å²) in [5.74, 6) is 0. The van der Waals surface area contributed by atoms with Gasteiger partial charge in [-0.3, -0.25) is 0 Å². The SMILES string of the molecule is CC(N)CNC(C)c1cccc(C(C)NCC(C)N)c1. The van der Waals surface area contributed by atoms with Gasteiger partial charge in [-0.25, -0.2) is 0 Å². The molecule has 0 aliphatic rings. The Bertz CT molecular complexity index is 357. The van der Waals surface area contributed by atoms with Crippen molar-refractivity contribution in [3.05, 3.63) is 35.4 Å². The van der Waals surface area contributed by atoms with Gasteiger partial charge in [-0.05, 0) is 38.8 Å². The molecule has 4 nitrogen and oxygen atoms in total. The highest BCUT2D eigenvalue weighted by Gasteiger charge is 2.10. The lowest BCUT2D eigenvalue weighted by Gasteiger charge is -2.20. The maximum absolute atomic E-state index is 5.78. The van der Waals surface area contributed by atoms with E-state index in [0.717, 1.165) is 13.1 Å². The number of nitrogens with one attached hydrogen (secondary N) is 2. The standard InChI is InChI=1S/C16H30N4/c1-11(17)9-19-13(3)15-6-5-7-16(8-15)14(4)20-10-12(2)18/h5-8,11-14,19-20H,9-10,17-18H2,1-4H3. The lowest BCUT2D eigenvalue weighted by molar-refractivity contribution is 0.524. The molecule has 114 valence electrons. The molecular formula is C16H30N4. The number of benzene rings is 1. The van der Waals surface area contributed by atoms with E-state index in [9.17, 15) is 0 Å². The number of rotatable bonds is 8. The second kappa shape index (κ2) is 8.37. The largest absolute Gasteiger partial charge is 0.327 e. The molecule has 0 aliphatic heterocycles. The molecule has 4 unspecified atom stereocenters. The molecule has 20 heavy (non-hydrogen) atoms. The van der Waals surface area contributed by atoms with E-state index in [-0.39, 0.29) is 12.1 Å². The van der Waals surface area contributed by atoms with Crippen LogP contribution in [0, 0.1) is 0 Å². The lowest BCUT2D eigenvalue weighted by Crippen LogP contribution is -2.33. The molecule has 0 bridgehead atoms. The Labute approximate surface area is 123 Å². The van der Waals surface area contributed by atoms with Gasteiger partial charge >= 0.3 is 0 Å². The molecule has 4 atom stereocenters. The number of hydrogen-bond donors (Lipinski definition) is 4. The van der Waals surface area contributed by atoms with E-state index in [4.69, 9.17) is 11.5 Å². The molecule has 0 saturated heterocycles. The average molecular weight is 278 g/mol. The Balaban J connectivity index is 2.64. The fourth-order valence-corrected chi connectivity index (χ4v) is 2.06. The summed E-state index contributed by atoms with van der Waals surface area (Å²) >= 11 is 0. The predicted molar refractivity (Wildman–Crippen MR) is 86.6 cm³/mol. The number of nitrogens with two attached hydrogens (primary N) is 2. The van der Waals surface area contributed by atoms with Gasteiger partial charge in [-0.1, -0.05) is 24.3 Å². The zero-order valence-corrected chi connectivity index (χ0v) is 13.2. The van der Waals surface area contributed by atoms with Crippen LogP contribution in [-0.2, 0) is 0 Å². The lowest BCUT2D eigenvalue weighted by atomic mass is 10.0. The van der Waals surface area contributed by atoms with Crippen molar-refractivity contribution in [1.29, 1.82) is 0 Å². The van der Waals surface area contributed by atoms with Crippen molar-refractivity contribution in [1.82, 2.24) is 10.6 Å². The van der Waals surface area contributed by atoms with E-state index in [1.165, 1.54) is 11.1 Å². The zero-order valence-electron chi connectivity index (χ0n) is 13.2. The molecule has 0 saturated carbocycles. The van der Waals surface area contributed by atoms with Crippen LogP contribution in [0.5, 0.6) is 0 Å². The van der Waals surface area contributed by atoms with Crippen LogP contribution < -0.4 is 22.1 Å². The first-order valence-electron chi connectivity index (χ1n) is 7.48. The van der Waals surface area contributed by atoms with Crippen LogP contribution in [0.1, 0.15) is 50.9 Å². The number of hydrogen-bond acceptors (Lipinski definition) is 4. The fraction of sp³-hybridized carbons (Fsp3) is 0.625. The second-order valence-corrected chi connectivity index (χ2v) is 5.88. The highest BCUT2D eigenvalue weighted by atomic mass is 14.9. The first kappa shape index (κ1) is 17.1. The normalized spacial score (nSPS) is 17.5. The Kier molecular flexibility index (Phi) is 7.16. The third kappa shape index (κ3) is 6.01. The predicted octanol–water partition coefficient (Wildman–Crippen LogP) is 1.68. The van der Waals surface area contributed by atoms with Crippen LogP contribution >= 0.6 is 0 Å². The van der Waals surface area contributed by atoms with Crippen LogP contribution in [0.3, 0.4) is 0 Å². The molecule has 1 aromatic rings. The van der Waals surface area contributed by atoms with Gasteiger partial charge in [-0.15, -0.1) is 0 Å². The van der Waals surface area contributed by atoms with E-state index in [1.807, 2.05) is 13.8 Å². The summed E-state index contributed by atoms with van der Waals surface area (Å²) in [6, 6.07) is 9.63. The van der Waals surface area contributed by atoms with E-state index in [2.05, 4.69) is 48.7 Å². The fourth-order valence-electron chi connectivity index (χ4n) is 2.06. The minimum atomic E-state index is 0.173. The Morgan fingerprint density at radius 2 is 1.25 bits per heavy atom. The Morgan fingerprint density at radius 3 is 1.60 bits per heavy atom. The molecular weight excluding hydrogens is 248 g/mol. The maximum atomic E-state index is 5.78. The van der Waals surface area contributed by atoms with Crippen LogP contribution in [0.15, 0.2) is 24.3 Å². The Hall–Kier alpha value is -0.940. The second-order valence-electron chi connectivity index (χ2n) is 5.88. The zero-order chi connectivity index (χ0) is 15.1. The summed E-state index contributed by atoms with van der Waals surface area (Å²) in [6.07, 6.45) is 0. The molecule has 0 aromatic heterocycles. The van der Waals surface area contributed by atoms with Crippen molar-refractivity contribution in [3.8, 4) is 0 Å². The van der Waals surface area contributed by atoms with Gasteiger partial charge in [0.25, 0.3) is 0 Å². The molecule has 1 rings (SSSR count). The first-order chi connectivity index (χ1) is 9.40. The van der Waals surface area contributed by atoms with E-state index < -0.39 is 0 Å². The van der Waals surface area contributed by atoms with Crippen LogP contribution in [0.2, 0.25) is 0 Å². The van der Waals surface area contributed by atoms with Crippen LogP contribution in [-0.4, -0.2) is 25.2 Å². The van der Waals surface area contributed by atoms with Crippen molar-refractivity contribution in [3.63, 3.8) is 0 Å². The molecule has 0 fully saturated rings. The van der Waals surface area contributed by atoms with Crippen molar-refractivity contribution in [2.24, 2.45) is 11.5 Å². The summed E-state index contributed by atoms with van der Waals surface area (Å²) < 4.78 is 0. The van der Waals surface area contributed by atoms with E-state index >= 15 is 0 Å². The van der Waals surface area contributed by atoms with Crippen LogP contribution in [0.4, 0.5) is 0 Å². The van der Waals surface area contributed by atoms with Crippen LogP contribution in [0.25, 0.3) is 0 Å². The molecule has 0 heterocycles. The molecule has 1 aromatic carbocycles. The molecule has 4 heteroatoms. The van der Waals surface area contributed by atoms with Gasteiger partial charge in [0.1, 0.15) is 0 Å². The van der Waals surface area contributed by atoms with Gasteiger partial charge < -0.3 is 22.1 Å². The molecule has 0 aliphatic carbocycles. The van der Waals surface area contributed by atoms with E-state index in [1.54, 1.807) is 0 Å². The minimum Gasteiger partial charge on any atom is -0.327 e. The molecule has 0 spiro atoms. The molecule has 0 amide bonds. The monoisotopic (exact) mass is 278 g/mol. The third-order valence-electron chi connectivity index (χ3n) is 3.40. The van der Waals surface area contributed by atoms with Gasteiger partial charge in [0.2, 0.25) is 0 Å². The molecule has 6 N–H and O–H groups in total. The van der Waals surface area contributed by atoms with Gasteiger partial charge in [0, 0.05) is 37.3 Å². The summed E-state index contributed by atoms with van der Waals surface area (Å²) in [6.45, 7) is 10.0. The summed E-state index contributed by atoms with van der Waals surface area (Å²) in [4.78, 5) is 0. The summed E-state index contributed by atoms with van der Waals surface area (Å²) in [7, 11) is 0. The highest BCUT2D eigenvalue weighted by Crippen LogP contribution is 2.18. The summed E-state index contributed by atoms with van der Waals surface area (Å²) in [5.41, 5.74) is 14.1.